The fraction of sp³-hybridized carbons (Fsp3) is 0.130. The van der Waals surface area contributed by atoms with Gasteiger partial charge in [0.25, 0.3) is 0 Å². The quantitative estimate of drug-likeness (QED) is 0.440. The van der Waals surface area contributed by atoms with E-state index in [-0.39, 0.29) is 24.7 Å². The number of carbonyl (C=O) groups is 2. The molecule has 0 radical (unpaired) electrons. The van der Waals surface area contributed by atoms with Crippen molar-refractivity contribution >= 4 is 17.5 Å². The molecule has 142 valence electrons. The van der Waals surface area contributed by atoms with Crippen LogP contribution < -0.4 is 16.4 Å². The molecule has 3 rings (SSSR count). The van der Waals surface area contributed by atoms with E-state index in [1.165, 1.54) is 0 Å². The summed E-state index contributed by atoms with van der Waals surface area (Å²) < 4.78 is 0. The SMILES string of the molecule is Nc1ccc(C(NC(=O)Cc2ccccc2)NC(=O)Cc2ccccc2)cc1. The van der Waals surface area contributed by atoms with Crippen LogP contribution in [0, 0.1) is 0 Å². The average molecular weight is 373 g/mol. The van der Waals surface area contributed by atoms with Crippen molar-refractivity contribution in [3.63, 3.8) is 0 Å². The molecule has 0 saturated carbocycles. The van der Waals surface area contributed by atoms with E-state index in [0.717, 1.165) is 16.7 Å². The Bertz CT molecular complexity index is 854. The van der Waals surface area contributed by atoms with Crippen LogP contribution in [0.15, 0.2) is 84.9 Å². The topological polar surface area (TPSA) is 84.2 Å². The Balaban J connectivity index is 1.70. The van der Waals surface area contributed by atoms with E-state index in [0.29, 0.717) is 5.69 Å². The van der Waals surface area contributed by atoms with Gasteiger partial charge in [-0.2, -0.15) is 0 Å². The normalized spacial score (nSPS) is 10.5. The zero-order valence-corrected chi connectivity index (χ0v) is 15.5. The summed E-state index contributed by atoms with van der Waals surface area (Å²) in [7, 11) is 0. The first-order valence-electron chi connectivity index (χ1n) is 9.12. The molecular formula is C23H23N3O2. The highest BCUT2D eigenvalue weighted by molar-refractivity contribution is 5.82. The number of carbonyl (C=O) groups excluding carboxylic acids is 2. The van der Waals surface area contributed by atoms with Crippen LogP contribution in [0.4, 0.5) is 5.69 Å². The fourth-order valence-electron chi connectivity index (χ4n) is 2.88. The maximum absolute atomic E-state index is 12.5. The van der Waals surface area contributed by atoms with Gasteiger partial charge in [-0.15, -0.1) is 0 Å². The zero-order chi connectivity index (χ0) is 19.8. The summed E-state index contributed by atoms with van der Waals surface area (Å²) in [4.78, 5) is 25.0. The van der Waals surface area contributed by atoms with Gasteiger partial charge in [-0.1, -0.05) is 72.8 Å². The fourth-order valence-corrected chi connectivity index (χ4v) is 2.88. The molecule has 0 unspecified atom stereocenters. The first kappa shape index (κ1) is 19.2. The predicted molar refractivity (Wildman–Crippen MR) is 110 cm³/mol. The standard InChI is InChI=1S/C23H23N3O2/c24-20-13-11-19(12-14-20)23(25-21(27)15-17-7-3-1-4-8-17)26-22(28)16-18-9-5-2-6-10-18/h1-14,23H,15-16,24H2,(H,25,27)(H,26,28). The molecule has 4 N–H and O–H groups in total. The van der Waals surface area contributed by atoms with Crippen LogP contribution in [-0.2, 0) is 22.4 Å². The molecule has 0 spiro atoms. The van der Waals surface area contributed by atoms with Crippen molar-refractivity contribution in [2.75, 3.05) is 5.73 Å². The minimum atomic E-state index is -0.631. The molecule has 0 heterocycles. The lowest BCUT2D eigenvalue weighted by molar-refractivity contribution is -0.123. The van der Waals surface area contributed by atoms with E-state index in [9.17, 15) is 9.59 Å². The maximum atomic E-state index is 12.5. The van der Waals surface area contributed by atoms with Crippen LogP contribution in [0.5, 0.6) is 0 Å². The van der Waals surface area contributed by atoms with Crippen LogP contribution in [0.2, 0.25) is 0 Å². The highest BCUT2D eigenvalue weighted by Gasteiger charge is 2.17. The lowest BCUT2D eigenvalue weighted by Crippen LogP contribution is -2.42. The minimum absolute atomic E-state index is 0.173. The molecule has 2 amide bonds. The van der Waals surface area contributed by atoms with Gasteiger partial charge >= 0.3 is 0 Å². The molecular weight excluding hydrogens is 350 g/mol. The second-order valence-electron chi connectivity index (χ2n) is 6.56. The number of nitrogens with two attached hydrogens (primary N) is 1. The number of rotatable bonds is 7. The first-order chi connectivity index (χ1) is 13.6. The molecule has 0 aliphatic rings. The molecule has 3 aromatic carbocycles. The number of anilines is 1. The number of amides is 2. The van der Waals surface area contributed by atoms with Crippen LogP contribution in [-0.4, -0.2) is 11.8 Å². The molecule has 0 aliphatic carbocycles. The third kappa shape index (κ3) is 5.71. The van der Waals surface area contributed by atoms with Gasteiger partial charge in [0.05, 0.1) is 12.8 Å². The largest absolute Gasteiger partial charge is 0.399 e. The maximum Gasteiger partial charge on any atom is 0.226 e. The van der Waals surface area contributed by atoms with Crippen molar-refractivity contribution in [3.8, 4) is 0 Å². The number of benzene rings is 3. The number of hydrogen-bond donors (Lipinski definition) is 3. The van der Waals surface area contributed by atoms with E-state index >= 15 is 0 Å². The second kappa shape index (κ2) is 9.37. The summed E-state index contributed by atoms with van der Waals surface area (Å²) in [6.45, 7) is 0. The van der Waals surface area contributed by atoms with Crippen LogP contribution >= 0.6 is 0 Å². The van der Waals surface area contributed by atoms with Crippen molar-refractivity contribution in [1.82, 2.24) is 10.6 Å². The van der Waals surface area contributed by atoms with Crippen molar-refractivity contribution in [1.29, 1.82) is 0 Å². The van der Waals surface area contributed by atoms with Gasteiger partial charge in [-0.05, 0) is 28.8 Å². The highest BCUT2D eigenvalue weighted by Crippen LogP contribution is 2.14. The van der Waals surface area contributed by atoms with Gasteiger partial charge in [0, 0.05) is 5.69 Å². The Morgan fingerprint density at radius 2 is 1.11 bits per heavy atom. The number of hydrogen-bond acceptors (Lipinski definition) is 3. The molecule has 5 heteroatoms. The monoisotopic (exact) mass is 373 g/mol. The van der Waals surface area contributed by atoms with E-state index in [2.05, 4.69) is 10.6 Å². The van der Waals surface area contributed by atoms with Gasteiger partial charge in [-0.3, -0.25) is 9.59 Å². The van der Waals surface area contributed by atoms with Crippen molar-refractivity contribution in [3.05, 3.63) is 102 Å². The number of nitrogen functional groups attached to an aromatic ring is 1. The Morgan fingerprint density at radius 3 is 1.54 bits per heavy atom. The summed E-state index contributed by atoms with van der Waals surface area (Å²) in [5.41, 5.74) is 8.96. The van der Waals surface area contributed by atoms with Crippen LogP contribution in [0.25, 0.3) is 0 Å². The Kier molecular flexibility index (Phi) is 6.41. The van der Waals surface area contributed by atoms with Crippen LogP contribution in [0.1, 0.15) is 22.9 Å². The summed E-state index contributed by atoms with van der Waals surface area (Å²) in [6, 6.07) is 26.0. The van der Waals surface area contributed by atoms with Gasteiger partial charge in [0.1, 0.15) is 6.17 Å². The second-order valence-corrected chi connectivity index (χ2v) is 6.56. The molecule has 28 heavy (non-hydrogen) atoms. The van der Waals surface area contributed by atoms with E-state index in [1.807, 2.05) is 60.7 Å². The van der Waals surface area contributed by atoms with E-state index in [1.54, 1.807) is 24.3 Å². The zero-order valence-electron chi connectivity index (χ0n) is 15.5. The summed E-state index contributed by atoms with van der Waals surface area (Å²) in [6.07, 6.45) is -0.158. The third-order valence-corrected chi connectivity index (χ3v) is 4.30. The first-order valence-corrected chi connectivity index (χ1v) is 9.12. The van der Waals surface area contributed by atoms with Gasteiger partial charge < -0.3 is 16.4 Å². The molecule has 0 fully saturated rings. The lowest BCUT2D eigenvalue weighted by atomic mass is 10.1. The summed E-state index contributed by atoms with van der Waals surface area (Å²) in [5, 5.41) is 5.81. The summed E-state index contributed by atoms with van der Waals surface area (Å²) >= 11 is 0. The molecule has 0 bridgehead atoms. The van der Waals surface area contributed by atoms with Crippen molar-refractivity contribution in [2.24, 2.45) is 0 Å². The third-order valence-electron chi connectivity index (χ3n) is 4.30. The van der Waals surface area contributed by atoms with Gasteiger partial charge in [0.15, 0.2) is 0 Å². The predicted octanol–water partition coefficient (Wildman–Crippen LogP) is 2.99. The summed E-state index contributed by atoms with van der Waals surface area (Å²) in [5.74, 6) is -0.346. The van der Waals surface area contributed by atoms with Gasteiger partial charge in [-0.25, -0.2) is 0 Å². The molecule has 0 aromatic heterocycles. The van der Waals surface area contributed by atoms with Crippen LogP contribution in [0.3, 0.4) is 0 Å². The van der Waals surface area contributed by atoms with Crippen molar-refractivity contribution in [2.45, 2.75) is 19.0 Å². The highest BCUT2D eigenvalue weighted by atomic mass is 16.2. The Hall–Kier alpha value is -3.60. The van der Waals surface area contributed by atoms with Gasteiger partial charge in [0.2, 0.25) is 11.8 Å². The molecule has 0 saturated heterocycles. The minimum Gasteiger partial charge on any atom is -0.399 e. The number of nitrogens with one attached hydrogen (secondary N) is 2. The van der Waals surface area contributed by atoms with E-state index < -0.39 is 6.17 Å². The molecule has 3 aromatic rings. The van der Waals surface area contributed by atoms with E-state index in [4.69, 9.17) is 5.73 Å². The Labute approximate surface area is 164 Å². The molecule has 0 atom stereocenters. The molecule has 0 aliphatic heterocycles. The molecule has 5 nitrogen and oxygen atoms in total. The van der Waals surface area contributed by atoms with Crippen molar-refractivity contribution < 1.29 is 9.59 Å². The smallest absolute Gasteiger partial charge is 0.226 e. The lowest BCUT2D eigenvalue weighted by Gasteiger charge is -2.21. The average Bonchev–Trinajstić information content (AvgIpc) is 2.69. The Morgan fingerprint density at radius 1 is 0.679 bits per heavy atom.